The first kappa shape index (κ1) is 27.2. The van der Waals surface area contributed by atoms with Crippen molar-refractivity contribution in [3.05, 3.63) is 36.7 Å². The van der Waals surface area contributed by atoms with E-state index in [0.29, 0.717) is 11.2 Å². The summed E-state index contributed by atoms with van der Waals surface area (Å²) in [5.74, 6) is -0.368. The van der Waals surface area contributed by atoms with Crippen LogP contribution in [0.3, 0.4) is 0 Å². The maximum absolute atomic E-state index is 13.9. The molecule has 0 saturated carbocycles. The molecule has 39 heavy (non-hydrogen) atoms. The second kappa shape index (κ2) is 10.3. The highest BCUT2D eigenvalue weighted by Gasteiger charge is 2.63. The molecule has 0 spiro atoms. The molecule has 16 heteroatoms. The van der Waals surface area contributed by atoms with Crippen LogP contribution in [0, 0.1) is 0 Å². The van der Waals surface area contributed by atoms with Crippen molar-refractivity contribution < 1.29 is 37.7 Å². The summed E-state index contributed by atoms with van der Waals surface area (Å²) in [7, 11) is -4.21. The maximum Gasteiger partial charge on any atom is 0.459 e. The first-order valence-electron chi connectivity index (χ1n) is 12.2. The number of aliphatic hydroxyl groups excluding tert-OH is 1. The third-order valence-corrected chi connectivity index (χ3v) is 7.88. The quantitative estimate of drug-likeness (QED) is 0.202. The summed E-state index contributed by atoms with van der Waals surface area (Å²) in [6.07, 6.45) is -1.83. The van der Waals surface area contributed by atoms with E-state index in [1.807, 2.05) is 0 Å². The van der Waals surface area contributed by atoms with Crippen LogP contribution < -0.4 is 21.1 Å². The van der Waals surface area contributed by atoms with Crippen molar-refractivity contribution in [1.29, 1.82) is 0 Å². The number of anilines is 2. The van der Waals surface area contributed by atoms with E-state index in [-0.39, 0.29) is 30.2 Å². The minimum atomic E-state index is -4.21. The van der Waals surface area contributed by atoms with Gasteiger partial charge < -0.3 is 35.3 Å². The van der Waals surface area contributed by atoms with E-state index >= 15 is 0 Å². The summed E-state index contributed by atoms with van der Waals surface area (Å²) < 4.78 is 44.1. The first-order valence-corrected chi connectivity index (χ1v) is 13.7. The molecule has 2 aromatic heterocycles. The highest BCUT2D eigenvalue weighted by molar-refractivity contribution is 7.52. The Morgan fingerprint density at radius 1 is 1.28 bits per heavy atom. The standard InChI is InChI=1S/C23H30N7O8P/c1-12(2)36-21(32)13(3)29-39(33,38-14-7-5-4-6-8-14)35-10-23-9-34-16(17(23)31)20(37-23)30-11-26-15-18(24)27-22(25)28-19(15)30/h4-8,11-13,16-17,20,31H,9-10H2,1-3H3,(H,29,33)(H4,24,25,27,28)/t13-,16+,17-,20?,23+,39?/m0/s1. The number of nitrogens with two attached hydrogens (primary N) is 2. The lowest BCUT2D eigenvalue weighted by Crippen LogP contribution is -2.46. The molecule has 3 aromatic rings. The van der Waals surface area contributed by atoms with E-state index in [1.165, 1.54) is 17.8 Å². The van der Waals surface area contributed by atoms with E-state index in [0.717, 1.165) is 0 Å². The molecular weight excluding hydrogens is 533 g/mol. The van der Waals surface area contributed by atoms with E-state index in [4.69, 9.17) is 34.7 Å². The van der Waals surface area contributed by atoms with Gasteiger partial charge in [-0.05, 0) is 32.9 Å². The summed E-state index contributed by atoms with van der Waals surface area (Å²) in [6.45, 7) is 4.41. The first-order chi connectivity index (χ1) is 18.5. The van der Waals surface area contributed by atoms with Gasteiger partial charge in [0.1, 0.15) is 35.1 Å². The SMILES string of the molecule is CC(C)OC(=O)[C@H](C)NP(=O)(OC[C@@]12CO[C@@H](C(n3cnc4c(N)nc(N)nc43)O1)[C@@H]2O)Oc1ccccc1. The topological polar surface area (TPSA) is 208 Å². The number of carbonyl (C=O) groups excluding carboxylic acids is 1. The van der Waals surface area contributed by atoms with E-state index in [1.54, 1.807) is 44.2 Å². The molecular formula is C23H30N7O8P. The van der Waals surface area contributed by atoms with Crippen molar-refractivity contribution >= 4 is 36.6 Å². The molecule has 15 nitrogen and oxygen atoms in total. The van der Waals surface area contributed by atoms with Gasteiger partial charge in [0.05, 0.1) is 25.6 Å². The lowest BCUT2D eigenvalue weighted by atomic mass is 10.0. The van der Waals surface area contributed by atoms with Gasteiger partial charge >= 0.3 is 13.7 Å². The number of carbonyl (C=O) groups is 1. The number of fused-ring (bicyclic) bond motifs is 3. The number of imidazole rings is 1. The van der Waals surface area contributed by atoms with Crippen molar-refractivity contribution in [3.8, 4) is 5.75 Å². The molecule has 1 aromatic carbocycles. The number of hydrogen-bond donors (Lipinski definition) is 4. The minimum absolute atomic E-state index is 0.0559. The van der Waals surface area contributed by atoms with Crippen molar-refractivity contribution in [3.63, 3.8) is 0 Å². The van der Waals surface area contributed by atoms with Crippen LogP contribution in [-0.4, -0.2) is 73.8 Å². The number of nitrogens with zero attached hydrogens (tertiary/aromatic N) is 4. The van der Waals surface area contributed by atoms with E-state index in [2.05, 4.69) is 20.0 Å². The molecule has 2 unspecified atom stereocenters. The van der Waals surface area contributed by atoms with Gasteiger partial charge in [0.15, 0.2) is 17.7 Å². The predicted octanol–water partition coefficient (Wildman–Crippen LogP) is 1.15. The Morgan fingerprint density at radius 2 is 2.03 bits per heavy atom. The fourth-order valence-corrected chi connectivity index (χ4v) is 5.96. The van der Waals surface area contributed by atoms with Gasteiger partial charge in [0.25, 0.3) is 0 Å². The maximum atomic E-state index is 13.9. The Kier molecular flexibility index (Phi) is 7.22. The highest BCUT2D eigenvalue weighted by atomic mass is 31.2. The Morgan fingerprint density at radius 3 is 2.74 bits per heavy atom. The number of nitrogen functional groups attached to an aromatic ring is 2. The number of benzene rings is 1. The van der Waals surface area contributed by atoms with Crippen molar-refractivity contribution in [1.82, 2.24) is 24.6 Å². The van der Waals surface area contributed by atoms with Gasteiger partial charge in [-0.15, -0.1) is 0 Å². The molecule has 0 radical (unpaired) electrons. The molecule has 2 fully saturated rings. The van der Waals surface area contributed by atoms with Gasteiger partial charge in [-0.1, -0.05) is 18.2 Å². The largest absolute Gasteiger partial charge is 0.462 e. The summed E-state index contributed by atoms with van der Waals surface area (Å²) in [5, 5.41) is 13.7. The fraction of sp³-hybridized carbons (Fsp3) is 0.478. The van der Waals surface area contributed by atoms with Gasteiger partial charge in [0, 0.05) is 0 Å². The zero-order valence-corrected chi connectivity index (χ0v) is 22.4. The van der Waals surface area contributed by atoms with Crippen LogP contribution in [-0.2, 0) is 28.1 Å². The van der Waals surface area contributed by atoms with E-state index in [9.17, 15) is 14.5 Å². The van der Waals surface area contributed by atoms with Crippen molar-refractivity contribution in [2.24, 2.45) is 0 Å². The Hall–Kier alpha value is -3.33. The Labute approximate surface area is 223 Å². The third-order valence-electron chi connectivity index (χ3n) is 6.25. The summed E-state index contributed by atoms with van der Waals surface area (Å²) in [6, 6.07) is 7.28. The number of aliphatic hydroxyl groups is 1. The molecule has 210 valence electrons. The molecule has 5 rings (SSSR count). The van der Waals surface area contributed by atoms with Gasteiger partial charge in [-0.3, -0.25) is 13.9 Å². The normalized spacial score (nSPS) is 26.5. The number of hydrogen-bond acceptors (Lipinski definition) is 13. The summed E-state index contributed by atoms with van der Waals surface area (Å²) >= 11 is 0. The van der Waals surface area contributed by atoms with Crippen LogP contribution in [0.4, 0.5) is 11.8 Å². The van der Waals surface area contributed by atoms with Crippen LogP contribution in [0.15, 0.2) is 36.7 Å². The van der Waals surface area contributed by atoms with Crippen LogP contribution in [0.2, 0.25) is 0 Å². The van der Waals surface area contributed by atoms with Crippen molar-refractivity contribution in [2.75, 3.05) is 24.7 Å². The number of rotatable bonds is 10. The zero-order chi connectivity index (χ0) is 27.9. The van der Waals surface area contributed by atoms with Gasteiger partial charge in [-0.2, -0.15) is 15.1 Å². The van der Waals surface area contributed by atoms with Crippen molar-refractivity contribution in [2.45, 2.75) is 57.0 Å². The number of para-hydroxylation sites is 1. The fourth-order valence-electron chi connectivity index (χ4n) is 4.41. The van der Waals surface area contributed by atoms with Gasteiger partial charge in [-0.25, -0.2) is 9.55 Å². The van der Waals surface area contributed by atoms with Crippen LogP contribution in [0.1, 0.15) is 27.0 Å². The third kappa shape index (κ3) is 5.29. The molecule has 2 saturated heterocycles. The average Bonchev–Trinajstić information content (AvgIpc) is 3.52. The molecule has 2 aliphatic rings. The average molecular weight is 564 g/mol. The highest BCUT2D eigenvalue weighted by Crippen LogP contribution is 2.50. The predicted molar refractivity (Wildman–Crippen MR) is 137 cm³/mol. The molecule has 2 bridgehead atoms. The van der Waals surface area contributed by atoms with Gasteiger partial charge in [0.2, 0.25) is 5.95 Å². The monoisotopic (exact) mass is 563 g/mol. The molecule has 6 N–H and O–H groups in total. The Bertz CT molecular complexity index is 1410. The molecule has 2 aliphatic heterocycles. The van der Waals surface area contributed by atoms with E-state index < -0.39 is 50.4 Å². The zero-order valence-electron chi connectivity index (χ0n) is 21.5. The molecule has 6 atom stereocenters. The lowest BCUT2D eigenvalue weighted by Gasteiger charge is -2.32. The number of esters is 1. The van der Waals surface area contributed by atoms with Crippen LogP contribution >= 0.6 is 7.75 Å². The second-order valence-electron chi connectivity index (χ2n) is 9.60. The number of ether oxygens (including phenoxy) is 3. The number of aromatic nitrogens is 4. The van der Waals surface area contributed by atoms with Crippen LogP contribution in [0.25, 0.3) is 11.2 Å². The smallest absolute Gasteiger partial charge is 0.459 e. The summed E-state index contributed by atoms with van der Waals surface area (Å²) in [5.41, 5.74) is 10.8. The Balaban J connectivity index is 1.37. The lowest BCUT2D eigenvalue weighted by molar-refractivity contribution is -0.183. The summed E-state index contributed by atoms with van der Waals surface area (Å²) in [4.78, 5) is 24.7. The minimum Gasteiger partial charge on any atom is -0.462 e. The molecule has 0 aliphatic carbocycles. The second-order valence-corrected chi connectivity index (χ2v) is 11.3. The molecule has 0 amide bonds. The molecule has 4 heterocycles. The number of nitrogens with one attached hydrogen (secondary N) is 1. The van der Waals surface area contributed by atoms with Crippen LogP contribution in [0.5, 0.6) is 5.75 Å².